The van der Waals surface area contributed by atoms with Crippen LogP contribution < -0.4 is 5.43 Å². The Kier molecular flexibility index (Phi) is 4.54. The molecule has 2 aromatic carbocycles. The second kappa shape index (κ2) is 7.00. The first-order valence-corrected chi connectivity index (χ1v) is 9.10. The fraction of sp³-hybridized carbons (Fsp3) is 0.273. The van der Waals surface area contributed by atoms with Gasteiger partial charge in [0.2, 0.25) is 5.76 Å². The average Bonchev–Trinajstić information content (AvgIpc) is 2.99. The van der Waals surface area contributed by atoms with Crippen molar-refractivity contribution in [1.82, 2.24) is 4.90 Å². The lowest BCUT2D eigenvalue weighted by molar-refractivity contribution is 0.0663. The third-order valence-corrected chi connectivity index (χ3v) is 5.09. The van der Waals surface area contributed by atoms with Gasteiger partial charge in [0, 0.05) is 13.7 Å². The van der Waals surface area contributed by atoms with E-state index in [0.717, 1.165) is 17.5 Å². The molecule has 0 saturated carbocycles. The van der Waals surface area contributed by atoms with E-state index in [0.29, 0.717) is 29.7 Å². The van der Waals surface area contributed by atoms with Gasteiger partial charge in [0.1, 0.15) is 5.58 Å². The quantitative estimate of drug-likeness (QED) is 0.696. The summed E-state index contributed by atoms with van der Waals surface area (Å²) >= 11 is 0. The summed E-state index contributed by atoms with van der Waals surface area (Å²) in [6.45, 7) is 2.81. The number of ether oxygens (including phenoxy) is 1. The molecule has 0 spiro atoms. The fourth-order valence-electron chi connectivity index (χ4n) is 3.69. The number of fused-ring (bicyclic) bond motifs is 2. The summed E-state index contributed by atoms with van der Waals surface area (Å²) in [5, 5.41) is 0.524. The van der Waals surface area contributed by atoms with Crippen LogP contribution in [0, 0.1) is 0 Å². The van der Waals surface area contributed by atoms with Crippen molar-refractivity contribution in [1.29, 1.82) is 0 Å². The zero-order valence-electron chi connectivity index (χ0n) is 15.4. The number of carbonyl (C=O) groups is 1. The summed E-state index contributed by atoms with van der Waals surface area (Å²) in [4.78, 5) is 28.1. The molecular formula is C22H21NO4. The molecule has 0 saturated heterocycles. The zero-order valence-corrected chi connectivity index (χ0v) is 15.4. The Balaban J connectivity index is 1.97. The standard InChI is InChI=1S/C22H21NO4/c1-3-14-9-10-17-16(13-14)20(24)18-19(15-7-5-4-6-8-15)23(11-12-26-2)22(25)21(18)27-17/h4-10,13,19H,3,11-12H2,1-2H3. The summed E-state index contributed by atoms with van der Waals surface area (Å²) in [5.74, 6) is -0.129. The molecule has 2 heterocycles. The Morgan fingerprint density at radius 1 is 1.11 bits per heavy atom. The Morgan fingerprint density at radius 3 is 2.59 bits per heavy atom. The molecule has 0 fully saturated rings. The predicted octanol–water partition coefficient (Wildman–Crippen LogP) is 3.55. The number of rotatable bonds is 5. The monoisotopic (exact) mass is 363 g/mol. The number of hydrogen-bond donors (Lipinski definition) is 0. The van der Waals surface area contributed by atoms with Crippen LogP contribution in [0.4, 0.5) is 0 Å². The number of benzene rings is 2. The first-order valence-electron chi connectivity index (χ1n) is 9.10. The molecule has 1 aliphatic rings. The van der Waals surface area contributed by atoms with Gasteiger partial charge in [-0.2, -0.15) is 0 Å². The molecule has 0 N–H and O–H groups in total. The average molecular weight is 363 g/mol. The van der Waals surface area contributed by atoms with E-state index >= 15 is 0 Å². The lowest BCUT2D eigenvalue weighted by Crippen LogP contribution is -2.32. The molecule has 1 amide bonds. The summed E-state index contributed by atoms with van der Waals surface area (Å²) in [5.41, 5.74) is 2.68. The van der Waals surface area contributed by atoms with Crippen LogP contribution in [0.3, 0.4) is 0 Å². The lowest BCUT2D eigenvalue weighted by Gasteiger charge is -2.24. The van der Waals surface area contributed by atoms with E-state index in [2.05, 4.69) is 0 Å². The molecular weight excluding hydrogens is 342 g/mol. The first kappa shape index (κ1) is 17.5. The number of amides is 1. The molecule has 0 radical (unpaired) electrons. The highest BCUT2D eigenvalue weighted by molar-refractivity contribution is 5.99. The van der Waals surface area contributed by atoms with Gasteiger partial charge < -0.3 is 14.1 Å². The minimum atomic E-state index is -0.463. The van der Waals surface area contributed by atoms with Gasteiger partial charge in [-0.1, -0.05) is 43.3 Å². The molecule has 27 heavy (non-hydrogen) atoms. The maximum absolute atomic E-state index is 13.4. The van der Waals surface area contributed by atoms with Crippen molar-refractivity contribution in [2.75, 3.05) is 20.3 Å². The summed E-state index contributed by atoms with van der Waals surface area (Å²) in [7, 11) is 1.59. The van der Waals surface area contributed by atoms with Crippen molar-refractivity contribution in [3.63, 3.8) is 0 Å². The Hall–Kier alpha value is -2.92. The Bertz CT molecular complexity index is 1060. The van der Waals surface area contributed by atoms with Crippen LogP contribution in [-0.4, -0.2) is 31.1 Å². The second-order valence-corrected chi connectivity index (χ2v) is 6.66. The van der Waals surface area contributed by atoms with E-state index in [1.54, 1.807) is 18.1 Å². The first-order chi connectivity index (χ1) is 13.2. The van der Waals surface area contributed by atoms with Crippen LogP contribution in [0.25, 0.3) is 11.0 Å². The third kappa shape index (κ3) is 2.84. The molecule has 3 aromatic rings. The van der Waals surface area contributed by atoms with Crippen molar-refractivity contribution in [2.24, 2.45) is 0 Å². The van der Waals surface area contributed by atoms with E-state index in [1.807, 2.05) is 49.4 Å². The van der Waals surface area contributed by atoms with Gasteiger partial charge in [0.05, 0.1) is 23.6 Å². The molecule has 0 aliphatic carbocycles. The highest BCUT2D eigenvalue weighted by Gasteiger charge is 2.42. The van der Waals surface area contributed by atoms with E-state index < -0.39 is 6.04 Å². The Morgan fingerprint density at radius 2 is 1.89 bits per heavy atom. The van der Waals surface area contributed by atoms with E-state index in [1.165, 1.54) is 0 Å². The smallest absolute Gasteiger partial charge is 0.290 e. The van der Waals surface area contributed by atoms with E-state index in [-0.39, 0.29) is 17.1 Å². The molecule has 5 heteroatoms. The maximum atomic E-state index is 13.4. The number of methoxy groups -OCH3 is 1. The summed E-state index contributed by atoms with van der Waals surface area (Å²) < 4.78 is 11.1. The van der Waals surface area contributed by atoms with Gasteiger partial charge >= 0.3 is 0 Å². The van der Waals surface area contributed by atoms with Gasteiger partial charge in [0.25, 0.3) is 5.91 Å². The molecule has 1 atom stereocenters. The van der Waals surface area contributed by atoms with Crippen molar-refractivity contribution >= 4 is 16.9 Å². The van der Waals surface area contributed by atoms with Gasteiger partial charge in [-0.25, -0.2) is 0 Å². The number of nitrogens with zero attached hydrogens (tertiary/aromatic N) is 1. The zero-order chi connectivity index (χ0) is 19.0. The largest absolute Gasteiger partial charge is 0.450 e. The van der Waals surface area contributed by atoms with Crippen LogP contribution >= 0.6 is 0 Å². The highest BCUT2D eigenvalue weighted by Crippen LogP contribution is 2.37. The van der Waals surface area contributed by atoms with Crippen molar-refractivity contribution < 1.29 is 13.9 Å². The third-order valence-electron chi connectivity index (χ3n) is 5.09. The highest BCUT2D eigenvalue weighted by atomic mass is 16.5. The van der Waals surface area contributed by atoms with Crippen molar-refractivity contribution in [3.05, 3.63) is 81.2 Å². The predicted molar refractivity (Wildman–Crippen MR) is 103 cm³/mol. The van der Waals surface area contributed by atoms with E-state index in [9.17, 15) is 9.59 Å². The molecule has 1 unspecified atom stereocenters. The van der Waals surface area contributed by atoms with Crippen LogP contribution in [0.15, 0.2) is 57.7 Å². The summed E-state index contributed by atoms with van der Waals surface area (Å²) in [6.07, 6.45) is 0.827. The van der Waals surface area contributed by atoms with Crippen LogP contribution in [0.5, 0.6) is 0 Å². The minimum Gasteiger partial charge on any atom is -0.450 e. The lowest BCUT2D eigenvalue weighted by atomic mass is 9.98. The Labute approximate surface area is 157 Å². The number of hydrogen-bond acceptors (Lipinski definition) is 4. The number of carbonyl (C=O) groups excluding carboxylic acids is 1. The van der Waals surface area contributed by atoms with Crippen molar-refractivity contribution in [2.45, 2.75) is 19.4 Å². The normalized spacial score (nSPS) is 16.1. The van der Waals surface area contributed by atoms with Crippen LogP contribution in [0.1, 0.15) is 40.2 Å². The molecule has 138 valence electrons. The minimum absolute atomic E-state index is 0.135. The maximum Gasteiger partial charge on any atom is 0.290 e. The molecule has 0 bridgehead atoms. The van der Waals surface area contributed by atoms with Gasteiger partial charge in [-0.15, -0.1) is 0 Å². The SMILES string of the molecule is CCc1ccc2oc3c(c(=O)c2c1)C(c1ccccc1)N(CCOC)C3=O. The molecule has 1 aromatic heterocycles. The molecule has 4 rings (SSSR count). The van der Waals surface area contributed by atoms with Gasteiger partial charge in [-0.05, 0) is 29.7 Å². The molecule has 1 aliphatic heterocycles. The van der Waals surface area contributed by atoms with Crippen LogP contribution in [-0.2, 0) is 11.2 Å². The van der Waals surface area contributed by atoms with E-state index in [4.69, 9.17) is 9.15 Å². The topological polar surface area (TPSA) is 59.8 Å². The fourth-order valence-corrected chi connectivity index (χ4v) is 3.69. The number of aryl methyl sites for hydroxylation is 1. The molecule has 5 nitrogen and oxygen atoms in total. The van der Waals surface area contributed by atoms with Crippen LogP contribution in [0.2, 0.25) is 0 Å². The van der Waals surface area contributed by atoms with Gasteiger partial charge in [0.15, 0.2) is 5.43 Å². The second-order valence-electron chi connectivity index (χ2n) is 6.66. The van der Waals surface area contributed by atoms with Gasteiger partial charge in [-0.3, -0.25) is 9.59 Å². The summed E-state index contributed by atoms with van der Waals surface area (Å²) in [6, 6.07) is 14.7. The van der Waals surface area contributed by atoms with Crippen molar-refractivity contribution in [3.8, 4) is 0 Å².